The van der Waals surface area contributed by atoms with Crippen molar-refractivity contribution in [3.63, 3.8) is 0 Å². The molecule has 2 nitrogen and oxygen atoms in total. The van der Waals surface area contributed by atoms with Crippen LogP contribution in [0.3, 0.4) is 0 Å². The molecule has 0 aliphatic carbocycles. The highest BCUT2D eigenvalue weighted by atomic mass is 16.5. The van der Waals surface area contributed by atoms with Crippen LogP contribution in [0, 0.1) is 0 Å². The molecular weight excluding hydrogens is 248 g/mol. The standard InChI is InChI=1S/C18H18O2/c1-3-5-14-7-8-15(6-4-2)18(13-14)20-17-11-9-16(19)10-12-17/h3-4,7-13,19H,1-2,5-6H2. The zero-order valence-corrected chi connectivity index (χ0v) is 11.4. The van der Waals surface area contributed by atoms with E-state index in [2.05, 4.69) is 25.3 Å². The van der Waals surface area contributed by atoms with Gasteiger partial charge in [0.1, 0.15) is 17.2 Å². The van der Waals surface area contributed by atoms with Crippen LogP contribution in [0.4, 0.5) is 0 Å². The lowest BCUT2D eigenvalue weighted by Gasteiger charge is -2.12. The molecule has 2 aromatic carbocycles. The number of benzene rings is 2. The van der Waals surface area contributed by atoms with E-state index in [9.17, 15) is 5.11 Å². The lowest BCUT2D eigenvalue weighted by molar-refractivity contribution is 0.462. The summed E-state index contributed by atoms with van der Waals surface area (Å²) in [5, 5.41) is 9.30. The molecule has 0 heterocycles. The van der Waals surface area contributed by atoms with Gasteiger partial charge in [-0.25, -0.2) is 0 Å². The van der Waals surface area contributed by atoms with Crippen molar-refractivity contribution >= 4 is 0 Å². The summed E-state index contributed by atoms with van der Waals surface area (Å²) in [5.74, 6) is 1.74. The van der Waals surface area contributed by atoms with Gasteiger partial charge in [0.15, 0.2) is 0 Å². The minimum absolute atomic E-state index is 0.226. The highest BCUT2D eigenvalue weighted by Gasteiger charge is 2.05. The number of hydrogen-bond acceptors (Lipinski definition) is 2. The van der Waals surface area contributed by atoms with E-state index in [1.807, 2.05) is 18.2 Å². The van der Waals surface area contributed by atoms with Gasteiger partial charge in [0.2, 0.25) is 0 Å². The molecule has 20 heavy (non-hydrogen) atoms. The zero-order valence-electron chi connectivity index (χ0n) is 11.4. The summed E-state index contributed by atoms with van der Waals surface area (Å²) in [4.78, 5) is 0. The first-order valence-electron chi connectivity index (χ1n) is 6.53. The number of aromatic hydroxyl groups is 1. The highest BCUT2D eigenvalue weighted by Crippen LogP contribution is 2.28. The predicted octanol–water partition coefficient (Wildman–Crippen LogP) is 4.64. The van der Waals surface area contributed by atoms with Gasteiger partial charge in [-0.05, 0) is 54.3 Å². The van der Waals surface area contributed by atoms with E-state index in [1.165, 1.54) is 0 Å². The van der Waals surface area contributed by atoms with Crippen LogP contribution in [0.15, 0.2) is 67.8 Å². The first-order chi connectivity index (χ1) is 9.72. The third-order valence-electron chi connectivity index (χ3n) is 2.94. The number of rotatable bonds is 6. The lowest BCUT2D eigenvalue weighted by atomic mass is 10.1. The second-order valence-electron chi connectivity index (χ2n) is 4.52. The van der Waals surface area contributed by atoms with E-state index in [-0.39, 0.29) is 5.75 Å². The maximum absolute atomic E-state index is 9.30. The van der Waals surface area contributed by atoms with Crippen molar-refractivity contribution in [2.45, 2.75) is 12.8 Å². The largest absolute Gasteiger partial charge is 0.508 e. The summed E-state index contributed by atoms with van der Waals surface area (Å²) in [6.07, 6.45) is 5.28. The van der Waals surface area contributed by atoms with Gasteiger partial charge in [-0.15, -0.1) is 13.2 Å². The van der Waals surface area contributed by atoms with E-state index in [1.54, 1.807) is 24.3 Å². The maximum Gasteiger partial charge on any atom is 0.131 e. The number of phenolic OH excluding ortho intramolecular Hbond substituents is 1. The Hall–Kier alpha value is -2.48. The molecule has 0 aromatic heterocycles. The Bertz CT molecular complexity index is 597. The Morgan fingerprint density at radius 3 is 2.30 bits per heavy atom. The fourth-order valence-electron chi connectivity index (χ4n) is 1.95. The van der Waals surface area contributed by atoms with E-state index < -0.39 is 0 Å². The minimum Gasteiger partial charge on any atom is -0.508 e. The zero-order chi connectivity index (χ0) is 14.4. The van der Waals surface area contributed by atoms with Crippen molar-refractivity contribution in [1.82, 2.24) is 0 Å². The fraction of sp³-hybridized carbons (Fsp3) is 0.111. The van der Waals surface area contributed by atoms with E-state index in [0.717, 1.165) is 29.7 Å². The van der Waals surface area contributed by atoms with Gasteiger partial charge in [0.25, 0.3) is 0 Å². The molecule has 0 amide bonds. The Morgan fingerprint density at radius 2 is 1.65 bits per heavy atom. The average Bonchev–Trinajstić information content (AvgIpc) is 2.45. The van der Waals surface area contributed by atoms with Crippen LogP contribution >= 0.6 is 0 Å². The van der Waals surface area contributed by atoms with Gasteiger partial charge in [-0.1, -0.05) is 24.3 Å². The van der Waals surface area contributed by atoms with Gasteiger partial charge in [0.05, 0.1) is 0 Å². The summed E-state index contributed by atoms with van der Waals surface area (Å²) in [6.45, 7) is 7.52. The first kappa shape index (κ1) is 13.9. The smallest absolute Gasteiger partial charge is 0.131 e. The normalized spacial score (nSPS) is 10.0. The van der Waals surface area contributed by atoms with Crippen LogP contribution < -0.4 is 4.74 Å². The monoisotopic (exact) mass is 266 g/mol. The van der Waals surface area contributed by atoms with E-state index >= 15 is 0 Å². The molecule has 0 saturated carbocycles. The Morgan fingerprint density at radius 1 is 0.950 bits per heavy atom. The first-order valence-corrected chi connectivity index (χ1v) is 6.53. The quantitative estimate of drug-likeness (QED) is 0.772. The Kier molecular flexibility index (Phi) is 4.61. The molecule has 0 aliphatic heterocycles. The van der Waals surface area contributed by atoms with Crippen LogP contribution in [0.1, 0.15) is 11.1 Å². The van der Waals surface area contributed by atoms with E-state index in [4.69, 9.17) is 4.74 Å². The molecular formula is C18H18O2. The maximum atomic E-state index is 9.30. The molecule has 0 fully saturated rings. The molecule has 0 spiro atoms. The Balaban J connectivity index is 2.30. The number of ether oxygens (including phenoxy) is 1. The molecule has 2 rings (SSSR count). The SMILES string of the molecule is C=CCc1ccc(CC=C)c(Oc2ccc(O)cc2)c1. The molecule has 0 aliphatic rings. The van der Waals surface area contributed by atoms with Crippen LogP contribution in [-0.2, 0) is 12.8 Å². The second kappa shape index (κ2) is 6.62. The summed E-state index contributed by atoms with van der Waals surface area (Å²) in [5.41, 5.74) is 2.24. The lowest BCUT2D eigenvalue weighted by Crippen LogP contribution is -1.93. The molecule has 0 saturated heterocycles. The van der Waals surface area contributed by atoms with Crippen LogP contribution in [0.2, 0.25) is 0 Å². The number of hydrogen-bond donors (Lipinski definition) is 1. The molecule has 2 heteroatoms. The number of allylic oxidation sites excluding steroid dienone is 2. The Labute approximate surface area is 119 Å². The van der Waals surface area contributed by atoms with Gasteiger partial charge >= 0.3 is 0 Å². The van der Waals surface area contributed by atoms with Crippen molar-refractivity contribution in [2.75, 3.05) is 0 Å². The number of phenols is 1. The molecule has 0 unspecified atom stereocenters. The highest BCUT2D eigenvalue weighted by molar-refractivity contribution is 5.43. The minimum atomic E-state index is 0.226. The van der Waals surface area contributed by atoms with Gasteiger partial charge in [-0.3, -0.25) is 0 Å². The second-order valence-corrected chi connectivity index (χ2v) is 4.52. The molecule has 2 aromatic rings. The molecule has 0 atom stereocenters. The van der Waals surface area contributed by atoms with Crippen LogP contribution in [-0.4, -0.2) is 5.11 Å². The average molecular weight is 266 g/mol. The van der Waals surface area contributed by atoms with Crippen LogP contribution in [0.5, 0.6) is 17.2 Å². The molecule has 0 bridgehead atoms. The van der Waals surface area contributed by atoms with Gasteiger partial charge in [0, 0.05) is 0 Å². The van der Waals surface area contributed by atoms with Crippen molar-refractivity contribution in [3.8, 4) is 17.2 Å². The predicted molar refractivity (Wildman–Crippen MR) is 82.4 cm³/mol. The van der Waals surface area contributed by atoms with Crippen molar-refractivity contribution in [2.24, 2.45) is 0 Å². The van der Waals surface area contributed by atoms with Crippen molar-refractivity contribution < 1.29 is 9.84 Å². The summed E-state index contributed by atoms with van der Waals surface area (Å²) >= 11 is 0. The third kappa shape index (κ3) is 3.51. The fourth-order valence-corrected chi connectivity index (χ4v) is 1.95. The van der Waals surface area contributed by atoms with Crippen molar-refractivity contribution in [3.05, 3.63) is 78.9 Å². The summed E-state index contributed by atoms with van der Waals surface area (Å²) in [7, 11) is 0. The topological polar surface area (TPSA) is 29.5 Å². The van der Waals surface area contributed by atoms with Gasteiger partial charge in [-0.2, -0.15) is 0 Å². The van der Waals surface area contributed by atoms with Gasteiger partial charge < -0.3 is 9.84 Å². The summed E-state index contributed by atoms with van der Waals surface area (Å²) in [6, 6.07) is 12.8. The van der Waals surface area contributed by atoms with Crippen LogP contribution in [0.25, 0.3) is 0 Å². The molecule has 0 radical (unpaired) electrons. The van der Waals surface area contributed by atoms with E-state index in [0.29, 0.717) is 5.75 Å². The molecule has 1 N–H and O–H groups in total. The summed E-state index contributed by atoms with van der Waals surface area (Å²) < 4.78 is 5.91. The molecule has 102 valence electrons. The third-order valence-corrected chi connectivity index (χ3v) is 2.94. The van der Waals surface area contributed by atoms with Crippen molar-refractivity contribution in [1.29, 1.82) is 0 Å².